The quantitative estimate of drug-likeness (QED) is 0.405. The molecule has 1 saturated heterocycles. The second kappa shape index (κ2) is 10.2. The molecule has 2 amide bonds. The number of hydrogen-bond acceptors (Lipinski definition) is 6. The highest BCUT2D eigenvalue weighted by molar-refractivity contribution is 5.88. The van der Waals surface area contributed by atoms with Crippen molar-refractivity contribution in [2.75, 3.05) is 23.7 Å². The van der Waals surface area contributed by atoms with Crippen LogP contribution in [0.15, 0.2) is 30.5 Å². The highest BCUT2D eigenvalue weighted by atomic mass is 19.2. The number of fused-ring (bicyclic) bond motifs is 1. The zero-order valence-corrected chi connectivity index (χ0v) is 21.1. The summed E-state index contributed by atoms with van der Waals surface area (Å²) in [6.45, 7) is 7.48. The van der Waals surface area contributed by atoms with Gasteiger partial charge in [-0.15, -0.1) is 0 Å². The number of carbonyl (C=O) groups excluding carboxylic acids is 1. The van der Waals surface area contributed by atoms with E-state index in [-0.39, 0.29) is 17.3 Å². The lowest BCUT2D eigenvalue weighted by Crippen LogP contribution is -2.44. The fourth-order valence-corrected chi connectivity index (χ4v) is 4.32. The van der Waals surface area contributed by atoms with Gasteiger partial charge in [0.15, 0.2) is 11.6 Å². The van der Waals surface area contributed by atoms with Crippen molar-refractivity contribution in [2.45, 2.75) is 52.2 Å². The lowest BCUT2D eigenvalue weighted by Gasteiger charge is -2.31. The van der Waals surface area contributed by atoms with Crippen LogP contribution in [-0.4, -0.2) is 56.9 Å². The van der Waals surface area contributed by atoms with E-state index in [4.69, 9.17) is 4.74 Å². The Balaban J connectivity index is 1.56. The number of benzene rings is 2. The smallest absolute Gasteiger partial charge is 0.412 e. The molecule has 1 aliphatic heterocycles. The molecule has 0 spiro atoms. The van der Waals surface area contributed by atoms with Gasteiger partial charge in [0, 0.05) is 36.3 Å². The van der Waals surface area contributed by atoms with Gasteiger partial charge in [0.1, 0.15) is 5.60 Å². The van der Waals surface area contributed by atoms with Gasteiger partial charge in [-0.3, -0.25) is 5.32 Å². The summed E-state index contributed by atoms with van der Waals surface area (Å²) in [6.07, 6.45) is 1.29. The van der Waals surface area contributed by atoms with Gasteiger partial charge in [-0.25, -0.2) is 28.3 Å². The van der Waals surface area contributed by atoms with Crippen LogP contribution in [0.3, 0.4) is 0 Å². The Kier molecular flexibility index (Phi) is 7.15. The molecule has 3 N–H and O–H groups in total. The van der Waals surface area contributed by atoms with Crippen LogP contribution in [0.2, 0.25) is 0 Å². The van der Waals surface area contributed by atoms with Gasteiger partial charge < -0.3 is 20.1 Å². The van der Waals surface area contributed by atoms with Crippen LogP contribution in [0, 0.1) is 18.6 Å². The number of amides is 2. The number of aryl methyl sites for hydroxylation is 1. The topological polar surface area (TPSA) is 117 Å². The summed E-state index contributed by atoms with van der Waals surface area (Å²) in [5, 5.41) is 15.3. The highest BCUT2D eigenvalue weighted by Gasteiger charge is 2.24. The maximum atomic E-state index is 15.2. The number of aromatic nitrogens is 2. The zero-order chi connectivity index (χ0) is 26.9. The summed E-state index contributed by atoms with van der Waals surface area (Å²) < 4.78 is 35.2. The minimum atomic E-state index is -1.19. The molecule has 1 aromatic heterocycles. The maximum Gasteiger partial charge on any atom is 0.412 e. The average Bonchev–Trinajstić information content (AvgIpc) is 2.81. The Hall–Kier alpha value is -4.02. The Labute approximate surface area is 212 Å². The van der Waals surface area contributed by atoms with E-state index in [1.54, 1.807) is 52.1 Å². The summed E-state index contributed by atoms with van der Waals surface area (Å²) in [4.78, 5) is 33.5. The lowest BCUT2D eigenvalue weighted by molar-refractivity contribution is 0.0635. The number of rotatable bonds is 4. The van der Waals surface area contributed by atoms with E-state index in [1.807, 2.05) is 0 Å². The number of ether oxygens (including phenoxy) is 1. The Morgan fingerprint density at radius 2 is 1.95 bits per heavy atom. The van der Waals surface area contributed by atoms with E-state index in [0.717, 1.165) is 12.8 Å². The number of anilines is 2. The van der Waals surface area contributed by atoms with E-state index in [1.165, 1.54) is 11.0 Å². The van der Waals surface area contributed by atoms with Gasteiger partial charge in [0.25, 0.3) is 0 Å². The molecular formula is C26H29F2N5O4. The third-order valence-corrected chi connectivity index (χ3v) is 5.93. The monoisotopic (exact) mass is 513 g/mol. The van der Waals surface area contributed by atoms with E-state index < -0.39 is 29.4 Å². The van der Waals surface area contributed by atoms with Gasteiger partial charge in [-0.2, -0.15) is 0 Å². The molecule has 9 nitrogen and oxygen atoms in total. The number of halogens is 2. The van der Waals surface area contributed by atoms with Crippen molar-refractivity contribution in [3.8, 4) is 11.1 Å². The van der Waals surface area contributed by atoms with Crippen LogP contribution in [-0.2, 0) is 4.74 Å². The van der Waals surface area contributed by atoms with Crippen LogP contribution in [0.25, 0.3) is 22.0 Å². The third kappa shape index (κ3) is 6.04. The van der Waals surface area contributed by atoms with Gasteiger partial charge in [0.2, 0.25) is 5.95 Å². The first kappa shape index (κ1) is 26.1. The molecule has 1 unspecified atom stereocenters. The number of hydrogen-bond donors (Lipinski definition) is 3. The molecule has 11 heteroatoms. The van der Waals surface area contributed by atoms with Crippen molar-refractivity contribution in [3.63, 3.8) is 0 Å². The molecule has 4 rings (SSSR count). The largest absolute Gasteiger partial charge is 0.465 e. The van der Waals surface area contributed by atoms with Crippen molar-refractivity contribution < 1.29 is 28.2 Å². The van der Waals surface area contributed by atoms with Crippen molar-refractivity contribution >= 4 is 34.7 Å². The van der Waals surface area contributed by atoms with Gasteiger partial charge in [-0.1, -0.05) is 6.07 Å². The zero-order valence-electron chi connectivity index (χ0n) is 21.1. The van der Waals surface area contributed by atoms with Gasteiger partial charge in [0.05, 0.1) is 11.2 Å². The lowest BCUT2D eigenvalue weighted by atomic mass is 9.97. The first-order chi connectivity index (χ1) is 17.4. The molecule has 37 heavy (non-hydrogen) atoms. The molecule has 0 saturated carbocycles. The van der Waals surface area contributed by atoms with E-state index in [0.29, 0.717) is 41.1 Å². The predicted molar refractivity (Wildman–Crippen MR) is 136 cm³/mol. The van der Waals surface area contributed by atoms with Crippen molar-refractivity contribution in [1.29, 1.82) is 0 Å². The average molecular weight is 514 g/mol. The third-order valence-electron chi connectivity index (χ3n) is 5.93. The van der Waals surface area contributed by atoms with E-state index in [9.17, 15) is 19.1 Å². The summed E-state index contributed by atoms with van der Waals surface area (Å²) >= 11 is 0. The summed E-state index contributed by atoms with van der Waals surface area (Å²) in [7, 11) is 0. The van der Waals surface area contributed by atoms with Crippen LogP contribution in [0.1, 0.15) is 39.2 Å². The molecule has 1 fully saturated rings. The molecule has 1 aliphatic rings. The number of nitrogens with one attached hydrogen (secondary N) is 2. The predicted octanol–water partition coefficient (Wildman–Crippen LogP) is 5.78. The first-order valence-corrected chi connectivity index (χ1v) is 11.9. The minimum Gasteiger partial charge on any atom is -0.465 e. The Morgan fingerprint density at radius 1 is 1.19 bits per heavy atom. The number of piperidine rings is 1. The molecule has 1 atom stereocenters. The van der Waals surface area contributed by atoms with Gasteiger partial charge >= 0.3 is 12.2 Å². The number of likely N-dealkylation sites (tertiary alicyclic amines) is 1. The first-order valence-electron chi connectivity index (χ1n) is 11.9. The number of carbonyl (C=O) groups is 2. The second-order valence-corrected chi connectivity index (χ2v) is 10.1. The van der Waals surface area contributed by atoms with Crippen LogP contribution < -0.4 is 10.6 Å². The van der Waals surface area contributed by atoms with Crippen molar-refractivity contribution in [1.82, 2.24) is 14.9 Å². The molecule has 0 bridgehead atoms. The Bertz CT molecular complexity index is 1360. The van der Waals surface area contributed by atoms with Crippen LogP contribution in [0.5, 0.6) is 0 Å². The fourth-order valence-electron chi connectivity index (χ4n) is 4.32. The number of carboxylic acid groups (broad SMARTS) is 1. The van der Waals surface area contributed by atoms with Crippen LogP contribution >= 0.6 is 0 Å². The molecule has 196 valence electrons. The van der Waals surface area contributed by atoms with Crippen LogP contribution in [0.4, 0.5) is 30.0 Å². The fraction of sp³-hybridized carbons (Fsp3) is 0.385. The molecule has 2 aromatic carbocycles. The van der Waals surface area contributed by atoms with Gasteiger partial charge in [-0.05, 0) is 69.9 Å². The Morgan fingerprint density at radius 3 is 2.65 bits per heavy atom. The molecule has 0 aliphatic carbocycles. The molecule has 0 radical (unpaired) electrons. The summed E-state index contributed by atoms with van der Waals surface area (Å²) in [5.74, 6) is -1.92. The standard InChI is InChI=1S/C26H29F2N5O4/c1-14-10-19(32-24(34)37-26(2,3)4)21(27)22(28)20(14)15-7-8-18-16(11-15)12-29-23(31-18)30-17-6-5-9-33(13-17)25(35)36/h7-8,10-12,17H,5-6,9,13H2,1-4H3,(H,32,34)(H,35,36)(H,29,30,31). The second-order valence-electron chi connectivity index (χ2n) is 10.1. The molecular weight excluding hydrogens is 484 g/mol. The number of nitrogens with zero attached hydrogens (tertiary/aromatic N) is 3. The van der Waals surface area contributed by atoms with Crippen molar-refractivity contribution in [3.05, 3.63) is 47.7 Å². The molecule has 3 aromatic rings. The van der Waals surface area contributed by atoms with E-state index in [2.05, 4.69) is 20.6 Å². The summed E-state index contributed by atoms with van der Waals surface area (Å²) in [5.41, 5.74) is 0.409. The molecule has 2 heterocycles. The SMILES string of the molecule is Cc1cc(NC(=O)OC(C)(C)C)c(F)c(F)c1-c1ccc2nc(NC3CCCN(C(=O)O)C3)ncc2c1. The maximum absolute atomic E-state index is 15.2. The minimum absolute atomic E-state index is 0.0623. The summed E-state index contributed by atoms with van der Waals surface area (Å²) in [6, 6.07) is 6.24. The van der Waals surface area contributed by atoms with Crippen molar-refractivity contribution in [2.24, 2.45) is 0 Å². The normalized spacial score (nSPS) is 15.9. The van der Waals surface area contributed by atoms with E-state index >= 15 is 4.39 Å². The highest BCUT2D eigenvalue weighted by Crippen LogP contribution is 2.34.